The second kappa shape index (κ2) is 9.06. The number of hydrogen-bond acceptors (Lipinski definition) is 0. The van der Waals surface area contributed by atoms with Gasteiger partial charge in [0, 0.05) is 0 Å². The van der Waals surface area contributed by atoms with Crippen molar-refractivity contribution in [2.24, 2.45) is 5.41 Å². The topological polar surface area (TPSA) is 0 Å². The fourth-order valence-electron chi connectivity index (χ4n) is 4.15. The number of benzene rings is 2. The first-order valence-corrected chi connectivity index (χ1v) is 9.75. The molecule has 0 aliphatic heterocycles. The highest BCUT2D eigenvalue weighted by Crippen LogP contribution is 2.44. The van der Waals surface area contributed by atoms with E-state index in [2.05, 4.69) is 82.3 Å². The van der Waals surface area contributed by atoms with Gasteiger partial charge in [0.25, 0.3) is 0 Å². The average Bonchev–Trinajstić information content (AvgIpc) is 2.62. The van der Waals surface area contributed by atoms with E-state index in [1.807, 2.05) is 0 Å². The fraction of sp³-hybridized carbons (Fsp3) is 0.500. The lowest BCUT2D eigenvalue weighted by atomic mass is 9.68. The van der Waals surface area contributed by atoms with Crippen molar-refractivity contribution >= 4 is 0 Å². The smallest absolute Gasteiger partial charge is 0.0111 e. The molecule has 0 amide bonds. The van der Waals surface area contributed by atoms with Crippen LogP contribution in [0.3, 0.4) is 0 Å². The monoisotopic (exact) mass is 322 g/mol. The molecule has 0 aliphatic rings. The van der Waals surface area contributed by atoms with Crippen molar-refractivity contribution in [3.8, 4) is 0 Å². The van der Waals surface area contributed by atoms with Crippen molar-refractivity contribution < 1.29 is 0 Å². The highest BCUT2D eigenvalue weighted by Gasteiger charge is 2.31. The summed E-state index contributed by atoms with van der Waals surface area (Å²) in [6.07, 6.45) is 7.33. The number of rotatable bonds is 9. The second-order valence-electron chi connectivity index (χ2n) is 7.45. The van der Waals surface area contributed by atoms with Crippen LogP contribution in [0.2, 0.25) is 0 Å². The Balaban J connectivity index is 2.06. The van der Waals surface area contributed by atoms with Gasteiger partial charge in [0.05, 0.1) is 0 Å². The minimum absolute atomic E-state index is 0.426. The molecule has 2 unspecified atom stereocenters. The molecule has 0 aromatic heterocycles. The van der Waals surface area contributed by atoms with E-state index in [0.29, 0.717) is 11.3 Å². The molecule has 0 spiro atoms. The van der Waals surface area contributed by atoms with Crippen LogP contribution in [0.25, 0.3) is 0 Å². The molecule has 0 heteroatoms. The maximum absolute atomic E-state index is 2.48. The summed E-state index contributed by atoms with van der Waals surface area (Å²) in [5.74, 6) is 0.672. The maximum Gasteiger partial charge on any atom is -0.0111 e. The molecule has 24 heavy (non-hydrogen) atoms. The Bertz CT molecular complexity index is 581. The Labute approximate surface area is 149 Å². The molecule has 2 aromatic rings. The van der Waals surface area contributed by atoms with Crippen LogP contribution in [-0.4, -0.2) is 0 Å². The summed E-state index contributed by atoms with van der Waals surface area (Å²) < 4.78 is 0. The molecule has 2 rings (SSSR count). The van der Waals surface area contributed by atoms with E-state index in [4.69, 9.17) is 0 Å². The normalized spacial score (nSPS) is 15.0. The lowest BCUT2D eigenvalue weighted by Crippen LogP contribution is -2.24. The molecule has 0 saturated carbocycles. The molecule has 0 heterocycles. The quantitative estimate of drug-likeness (QED) is 0.458. The van der Waals surface area contributed by atoms with Crippen LogP contribution in [-0.2, 0) is 12.8 Å². The zero-order valence-corrected chi connectivity index (χ0v) is 16.0. The summed E-state index contributed by atoms with van der Waals surface area (Å²) in [7, 11) is 0. The molecule has 130 valence electrons. The van der Waals surface area contributed by atoms with Gasteiger partial charge in [-0.25, -0.2) is 0 Å². The van der Waals surface area contributed by atoms with Crippen LogP contribution in [0.5, 0.6) is 0 Å². The maximum atomic E-state index is 2.48. The third kappa shape index (κ3) is 4.72. The standard InChI is InChI=1S/C24H34/c1-5-19-24(4,7-3)23(6-2)22-17-15-21(16-18-22)14-13-20-11-9-8-10-12-20/h8-12,15-18,23H,5-7,13-14,19H2,1-4H3. The largest absolute Gasteiger partial charge is 0.0654 e. The Morgan fingerprint density at radius 2 is 1.38 bits per heavy atom. The summed E-state index contributed by atoms with van der Waals surface area (Å²) in [5.41, 5.74) is 4.83. The first-order valence-electron chi connectivity index (χ1n) is 9.75. The van der Waals surface area contributed by atoms with Crippen LogP contribution in [0.1, 0.15) is 76.0 Å². The van der Waals surface area contributed by atoms with Crippen molar-refractivity contribution in [3.05, 3.63) is 71.3 Å². The van der Waals surface area contributed by atoms with Crippen LogP contribution in [0.4, 0.5) is 0 Å². The lowest BCUT2D eigenvalue weighted by molar-refractivity contribution is 0.213. The van der Waals surface area contributed by atoms with Gasteiger partial charge in [-0.2, -0.15) is 0 Å². The molecule has 0 aliphatic carbocycles. The lowest BCUT2D eigenvalue weighted by Gasteiger charge is -2.37. The SMILES string of the molecule is CCCC(C)(CC)C(CC)c1ccc(CCc2ccccc2)cc1. The van der Waals surface area contributed by atoms with Crippen molar-refractivity contribution in [2.45, 2.75) is 72.1 Å². The van der Waals surface area contributed by atoms with Crippen molar-refractivity contribution in [1.29, 1.82) is 0 Å². The summed E-state index contributed by atoms with van der Waals surface area (Å²) >= 11 is 0. The van der Waals surface area contributed by atoms with Gasteiger partial charge in [0.1, 0.15) is 0 Å². The molecular formula is C24H34. The summed E-state index contributed by atoms with van der Waals surface area (Å²) in [6.45, 7) is 9.49. The van der Waals surface area contributed by atoms with Crippen LogP contribution >= 0.6 is 0 Å². The summed E-state index contributed by atoms with van der Waals surface area (Å²) in [4.78, 5) is 0. The molecule has 0 radical (unpaired) electrons. The van der Waals surface area contributed by atoms with Gasteiger partial charge in [0.15, 0.2) is 0 Å². The molecule has 0 fully saturated rings. The highest BCUT2D eigenvalue weighted by atomic mass is 14.4. The van der Waals surface area contributed by atoms with Crippen molar-refractivity contribution in [2.75, 3.05) is 0 Å². The first kappa shape index (κ1) is 18.8. The van der Waals surface area contributed by atoms with Gasteiger partial charge >= 0.3 is 0 Å². The zero-order valence-electron chi connectivity index (χ0n) is 16.0. The van der Waals surface area contributed by atoms with Gasteiger partial charge in [-0.1, -0.05) is 95.1 Å². The van der Waals surface area contributed by atoms with Gasteiger partial charge < -0.3 is 0 Å². The first-order chi connectivity index (χ1) is 11.6. The highest BCUT2D eigenvalue weighted by molar-refractivity contribution is 5.28. The van der Waals surface area contributed by atoms with Crippen LogP contribution in [0.15, 0.2) is 54.6 Å². The predicted octanol–water partition coefficient (Wildman–Crippen LogP) is 7.18. The van der Waals surface area contributed by atoms with Gasteiger partial charge in [-0.05, 0) is 53.7 Å². The predicted molar refractivity (Wildman–Crippen MR) is 107 cm³/mol. The van der Waals surface area contributed by atoms with E-state index in [9.17, 15) is 0 Å². The van der Waals surface area contributed by atoms with Crippen LogP contribution < -0.4 is 0 Å². The molecule has 0 bridgehead atoms. The third-order valence-electron chi connectivity index (χ3n) is 5.81. The molecule has 0 N–H and O–H groups in total. The summed E-state index contributed by atoms with van der Waals surface area (Å²) in [5, 5.41) is 0. The third-order valence-corrected chi connectivity index (χ3v) is 5.81. The Morgan fingerprint density at radius 3 is 1.88 bits per heavy atom. The minimum Gasteiger partial charge on any atom is -0.0654 e. The number of hydrogen-bond donors (Lipinski definition) is 0. The Morgan fingerprint density at radius 1 is 0.792 bits per heavy atom. The van der Waals surface area contributed by atoms with Gasteiger partial charge in [-0.3, -0.25) is 0 Å². The van der Waals surface area contributed by atoms with Crippen molar-refractivity contribution in [3.63, 3.8) is 0 Å². The Hall–Kier alpha value is -1.56. The van der Waals surface area contributed by atoms with Gasteiger partial charge in [0.2, 0.25) is 0 Å². The fourth-order valence-corrected chi connectivity index (χ4v) is 4.15. The van der Waals surface area contributed by atoms with E-state index >= 15 is 0 Å². The van der Waals surface area contributed by atoms with E-state index in [1.165, 1.54) is 42.4 Å². The molecule has 2 atom stereocenters. The van der Waals surface area contributed by atoms with Gasteiger partial charge in [-0.15, -0.1) is 0 Å². The van der Waals surface area contributed by atoms with E-state index in [1.54, 1.807) is 0 Å². The van der Waals surface area contributed by atoms with E-state index in [-0.39, 0.29) is 0 Å². The zero-order chi connectivity index (χ0) is 17.4. The number of aryl methyl sites for hydroxylation is 2. The summed E-state index contributed by atoms with van der Waals surface area (Å²) in [6, 6.07) is 20.3. The van der Waals surface area contributed by atoms with E-state index in [0.717, 1.165) is 12.8 Å². The van der Waals surface area contributed by atoms with Crippen molar-refractivity contribution in [1.82, 2.24) is 0 Å². The molecule has 2 aromatic carbocycles. The molecular weight excluding hydrogens is 288 g/mol. The Kier molecular flexibility index (Phi) is 7.09. The van der Waals surface area contributed by atoms with Crippen LogP contribution in [0, 0.1) is 5.41 Å². The minimum atomic E-state index is 0.426. The molecule has 0 saturated heterocycles. The second-order valence-corrected chi connectivity index (χ2v) is 7.45. The van der Waals surface area contributed by atoms with E-state index < -0.39 is 0 Å². The molecule has 0 nitrogen and oxygen atoms in total. The average molecular weight is 323 g/mol.